The topological polar surface area (TPSA) is 157 Å². The number of likely N-dealkylation sites (tertiary alicyclic amines) is 1. The van der Waals surface area contributed by atoms with E-state index in [2.05, 4.69) is 41.2 Å². The van der Waals surface area contributed by atoms with Gasteiger partial charge in [0.1, 0.15) is 35.0 Å². The van der Waals surface area contributed by atoms with Crippen molar-refractivity contribution >= 4 is 56.4 Å². The number of halogens is 1. The SMILES string of the molecule is N=Cc1cc(Nc2ncnc3[nH]c(C(=O)N4CCCCC4)c(Br)c23)c(=O)[nH]c1N. The Morgan fingerprint density at radius 2 is 2.03 bits per heavy atom. The first kappa shape index (κ1) is 19.1. The molecule has 150 valence electrons. The van der Waals surface area contributed by atoms with Gasteiger partial charge in [-0.25, -0.2) is 9.97 Å². The zero-order chi connectivity index (χ0) is 20.5. The van der Waals surface area contributed by atoms with Gasteiger partial charge in [0.15, 0.2) is 0 Å². The summed E-state index contributed by atoms with van der Waals surface area (Å²) in [6.07, 6.45) is 5.50. The van der Waals surface area contributed by atoms with Crippen LogP contribution in [-0.4, -0.2) is 50.0 Å². The number of anilines is 3. The fourth-order valence-corrected chi connectivity index (χ4v) is 4.03. The summed E-state index contributed by atoms with van der Waals surface area (Å²) < 4.78 is 0.533. The number of carbonyl (C=O) groups is 1. The van der Waals surface area contributed by atoms with Crippen LogP contribution in [0, 0.1) is 5.41 Å². The highest BCUT2D eigenvalue weighted by atomic mass is 79.9. The van der Waals surface area contributed by atoms with Crippen molar-refractivity contribution < 1.29 is 4.79 Å². The maximum Gasteiger partial charge on any atom is 0.273 e. The summed E-state index contributed by atoms with van der Waals surface area (Å²) in [5.74, 6) is 0.361. The average molecular weight is 459 g/mol. The third-order valence-corrected chi connectivity index (χ3v) is 5.69. The number of nitrogens with two attached hydrogens (primary N) is 1. The van der Waals surface area contributed by atoms with Gasteiger partial charge in [0.05, 0.1) is 9.86 Å². The molecule has 1 aliphatic heterocycles. The number of amides is 1. The summed E-state index contributed by atoms with van der Waals surface area (Å²) in [4.78, 5) is 41.0. The molecule has 0 aliphatic carbocycles. The monoisotopic (exact) mass is 458 g/mol. The summed E-state index contributed by atoms with van der Waals surface area (Å²) >= 11 is 3.50. The number of piperidine rings is 1. The molecule has 1 saturated heterocycles. The van der Waals surface area contributed by atoms with E-state index in [4.69, 9.17) is 11.1 Å². The molecule has 6 N–H and O–H groups in total. The molecule has 1 aliphatic rings. The molecule has 1 amide bonds. The summed E-state index contributed by atoms with van der Waals surface area (Å²) in [5.41, 5.74) is 6.66. The second kappa shape index (κ2) is 7.66. The summed E-state index contributed by atoms with van der Waals surface area (Å²) in [6, 6.07) is 1.47. The Hall–Kier alpha value is -3.21. The highest BCUT2D eigenvalue weighted by Gasteiger charge is 2.25. The van der Waals surface area contributed by atoms with Gasteiger partial charge in [-0.1, -0.05) is 0 Å². The Bertz CT molecular complexity index is 1160. The first-order valence-electron chi connectivity index (χ1n) is 9.11. The zero-order valence-corrected chi connectivity index (χ0v) is 17.0. The second-order valence-corrected chi connectivity index (χ2v) is 7.56. The lowest BCUT2D eigenvalue weighted by molar-refractivity contribution is 0.0718. The molecule has 29 heavy (non-hydrogen) atoms. The number of hydrogen-bond acceptors (Lipinski definition) is 7. The van der Waals surface area contributed by atoms with Gasteiger partial charge < -0.3 is 31.3 Å². The van der Waals surface area contributed by atoms with Gasteiger partial charge in [0.25, 0.3) is 11.5 Å². The molecule has 4 rings (SSSR count). The predicted molar refractivity (Wildman–Crippen MR) is 114 cm³/mol. The number of nitrogens with one attached hydrogen (secondary N) is 4. The first-order chi connectivity index (χ1) is 14.0. The molecule has 11 heteroatoms. The number of aromatic nitrogens is 4. The Morgan fingerprint density at radius 3 is 2.76 bits per heavy atom. The van der Waals surface area contributed by atoms with Crippen LogP contribution in [0.25, 0.3) is 11.0 Å². The van der Waals surface area contributed by atoms with Crippen LogP contribution in [0.15, 0.2) is 21.7 Å². The molecular weight excluding hydrogens is 440 g/mol. The predicted octanol–water partition coefficient (Wildman–Crippen LogP) is 2.36. The fourth-order valence-electron chi connectivity index (χ4n) is 3.38. The number of rotatable bonds is 4. The number of H-pyrrole nitrogens is 2. The van der Waals surface area contributed by atoms with E-state index in [-0.39, 0.29) is 17.4 Å². The van der Waals surface area contributed by atoms with Gasteiger partial charge in [-0.05, 0) is 41.3 Å². The quantitative estimate of drug-likeness (QED) is 0.377. The van der Waals surface area contributed by atoms with Crippen LogP contribution >= 0.6 is 15.9 Å². The lowest BCUT2D eigenvalue weighted by Crippen LogP contribution is -2.35. The molecule has 0 bridgehead atoms. The molecular formula is C18H19BrN8O2. The lowest BCUT2D eigenvalue weighted by Gasteiger charge is -2.26. The maximum atomic E-state index is 12.9. The van der Waals surface area contributed by atoms with E-state index in [1.54, 1.807) is 0 Å². The van der Waals surface area contributed by atoms with Crippen molar-refractivity contribution in [1.29, 1.82) is 5.41 Å². The number of hydrogen-bond donors (Lipinski definition) is 5. The van der Waals surface area contributed by atoms with Crippen LogP contribution in [0.1, 0.15) is 35.3 Å². The van der Waals surface area contributed by atoms with Crippen molar-refractivity contribution in [2.24, 2.45) is 0 Å². The summed E-state index contributed by atoms with van der Waals surface area (Å²) in [6.45, 7) is 1.45. The normalized spacial score (nSPS) is 14.2. The first-order valence-corrected chi connectivity index (χ1v) is 9.90. The fraction of sp³-hybridized carbons (Fsp3) is 0.278. The molecule has 0 atom stereocenters. The summed E-state index contributed by atoms with van der Waals surface area (Å²) in [5, 5.41) is 10.9. The van der Waals surface area contributed by atoms with Crippen LogP contribution in [0.4, 0.5) is 17.3 Å². The van der Waals surface area contributed by atoms with Crippen molar-refractivity contribution in [3.05, 3.63) is 38.5 Å². The van der Waals surface area contributed by atoms with E-state index < -0.39 is 5.56 Å². The number of nitrogens with zero attached hydrogens (tertiary/aromatic N) is 3. The van der Waals surface area contributed by atoms with E-state index in [0.717, 1.165) is 38.6 Å². The Balaban J connectivity index is 1.75. The average Bonchev–Trinajstić information content (AvgIpc) is 3.07. The second-order valence-electron chi connectivity index (χ2n) is 6.76. The maximum absolute atomic E-state index is 12.9. The molecule has 1 fully saturated rings. The number of fused-ring (bicyclic) bond motifs is 1. The number of nitrogen functional groups attached to an aromatic ring is 1. The van der Waals surface area contributed by atoms with Crippen molar-refractivity contribution in [3.63, 3.8) is 0 Å². The Kier molecular flexibility index (Phi) is 5.05. The molecule has 3 aromatic heterocycles. The van der Waals surface area contributed by atoms with Gasteiger partial charge in [-0.2, -0.15) is 0 Å². The van der Waals surface area contributed by atoms with E-state index in [0.29, 0.717) is 32.6 Å². The van der Waals surface area contributed by atoms with Gasteiger partial charge in [-0.15, -0.1) is 0 Å². The van der Waals surface area contributed by atoms with Gasteiger partial charge in [-0.3, -0.25) is 9.59 Å². The molecule has 10 nitrogen and oxygen atoms in total. The number of carbonyl (C=O) groups excluding carboxylic acids is 1. The minimum atomic E-state index is -0.448. The molecule has 0 aromatic carbocycles. The number of pyridine rings is 1. The smallest absolute Gasteiger partial charge is 0.273 e. The molecule has 0 radical (unpaired) electrons. The van der Waals surface area contributed by atoms with Crippen LogP contribution in [0.3, 0.4) is 0 Å². The molecule has 0 spiro atoms. The van der Waals surface area contributed by atoms with E-state index in [9.17, 15) is 9.59 Å². The van der Waals surface area contributed by atoms with Crippen LogP contribution in [-0.2, 0) is 0 Å². The van der Waals surface area contributed by atoms with E-state index >= 15 is 0 Å². The third-order valence-electron chi connectivity index (χ3n) is 4.90. The van der Waals surface area contributed by atoms with Gasteiger partial charge in [0, 0.05) is 24.9 Å². The molecule has 3 aromatic rings. The summed E-state index contributed by atoms with van der Waals surface area (Å²) in [7, 11) is 0. The van der Waals surface area contributed by atoms with Crippen molar-refractivity contribution in [2.45, 2.75) is 19.3 Å². The van der Waals surface area contributed by atoms with Crippen molar-refractivity contribution in [3.8, 4) is 0 Å². The zero-order valence-electron chi connectivity index (χ0n) is 15.4. The molecule has 0 saturated carbocycles. The van der Waals surface area contributed by atoms with E-state index in [1.807, 2.05) is 4.90 Å². The standard InChI is InChI=1S/C18H19BrN8O2/c19-12-11-15(24-10-6-9(7-20)14(21)26-17(10)28)22-8-23-16(11)25-13(12)18(29)27-4-2-1-3-5-27/h6-8,20H,1-5H2,(H3,21,26,28)(H2,22,23,24,25). The minimum Gasteiger partial charge on any atom is -0.385 e. The highest BCUT2D eigenvalue weighted by molar-refractivity contribution is 9.10. The largest absolute Gasteiger partial charge is 0.385 e. The Morgan fingerprint density at radius 1 is 1.28 bits per heavy atom. The highest BCUT2D eigenvalue weighted by Crippen LogP contribution is 2.33. The third kappa shape index (κ3) is 3.48. The van der Waals surface area contributed by atoms with Crippen molar-refractivity contribution in [1.82, 2.24) is 24.8 Å². The molecule has 4 heterocycles. The van der Waals surface area contributed by atoms with Crippen LogP contribution in [0.5, 0.6) is 0 Å². The van der Waals surface area contributed by atoms with Crippen LogP contribution in [0.2, 0.25) is 0 Å². The van der Waals surface area contributed by atoms with Gasteiger partial charge >= 0.3 is 0 Å². The lowest BCUT2D eigenvalue weighted by atomic mass is 10.1. The van der Waals surface area contributed by atoms with Crippen LogP contribution < -0.4 is 16.6 Å². The van der Waals surface area contributed by atoms with Gasteiger partial charge in [0.2, 0.25) is 0 Å². The minimum absolute atomic E-state index is 0.100. The molecule has 0 unspecified atom stereocenters. The number of aromatic amines is 2. The Labute approximate surface area is 173 Å². The van der Waals surface area contributed by atoms with E-state index in [1.165, 1.54) is 12.4 Å². The van der Waals surface area contributed by atoms with Crippen molar-refractivity contribution in [2.75, 3.05) is 24.1 Å².